The van der Waals surface area contributed by atoms with Crippen LogP contribution in [0, 0.1) is 0 Å². The lowest BCUT2D eigenvalue weighted by Gasteiger charge is -2.08. The maximum absolute atomic E-state index is 12.3. The van der Waals surface area contributed by atoms with Crippen molar-refractivity contribution < 1.29 is 17.6 Å². The molecule has 0 atom stereocenters. The summed E-state index contributed by atoms with van der Waals surface area (Å²) in [5, 5.41) is 10.2. The second kappa shape index (κ2) is 7.50. The lowest BCUT2D eigenvalue weighted by molar-refractivity contribution is 0.102. The third-order valence-electron chi connectivity index (χ3n) is 3.80. The van der Waals surface area contributed by atoms with E-state index in [2.05, 4.69) is 15.5 Å². The monoisotopic (exact) mass is 405 g/mol. The van der Waals surface area contributed by atoms with Crippen molar-refractivity contribution in [1.29, 1.82) is 0 Å². The fourth-order valence-electron chi connectivity index (χ4n) is 2.22. The van der Waals surface area contributed by atoms with Crippen molar-refractivity contribution >= 4 is 33.4 Å². The molecule has 140 valence electrons. The summed E-state index contributed by atoms with van der Waals surface area (Å²) in [4.78, 5) is 12.5. The molecule has 0 aliphatic carbocycles. The first-order valence-corrected chi connectivity index (χ1v) is 9.94. The fourth-order valence-corrected chi connectivity index (χ4v) is 3.41. The van der Waals surface area contributed by atoms with E-state index in [1.54, 1.807) is 38.1 Å². The Labute approximate surface area is 161 Å². The largest absolute Gasteiger partial charge is 0.403 e. The molecule has 0 aliphatic heterocycles. The van der Waals surface area contributed by atoms with E-state index in [4.69, 9.17) is 16.0 Å². The Balaban J connectivity index is 1.73. The highest BCUT2D eigenvalue weighted by atomic mass is 35.5. The molecule has 0 saturated carbocycles. The van der Waals surface area contributed by atoms with Crippen molar-refractivity contribution in [2.24, 2.45) is 0 Å². The van der Waals surface area contributed by atoms with Gasteiger partial charge >= 0.3 is 6.01 Å². The van der Waals surface area contributed by atoms with Crippen molar-refractivity contribution in [2.45, 2.75) is 24.0 Å². The van der Waals surface area contributed by atoms with Crippen LogP contribution in [0.3, 0.4) is 0 Å². The Morgan fingerprint density at radius 2 is 1.67 bits per heavy atom. The Morgan fingerprint density at radius 1 is 1.04 bits per heavy atom. The SMILES string of the molecule is CC(C)S(=O)(=O)c1ccc(C(=O)Nc2nnc(-c3ccc(Cl)cc3)o2)cc1. The van der Waals surface area contributed by atoms with E-state index in [0.29, 0.717) is 10.6 Å². The summed E-state index contributed by atoms with van der Waals surface area (Å²) < 4.78 is 29.7. The van der Waals surface area contributed by atoms with Gasteiger partial charge in [-0.3, -0.25) is 10.1 Å². The molecule has 9 heteroatoms. The number of amides is 1. The maximum Gasteiger partial charge on any atom is 0.322 e. The Kier molecular flexibility index (Phi) is 5.29. The molecular weight excluding hydrogens is 390 g/mol. The topological polar surface area (TPSA) is 102 Å². The summed E-state index contributed by atoms with van der Waals surface area (Å²) in [5.41, 5.74) is 0.930. The van der Waals surface area contributed by atoms with Gasteiger partial charge < -0.3 is 4.42 Å². The molecule has 0 fully saturated rings. The van der Waals surface area contributed by atoms with Crippen molar-refractivity contribution in [3.8, 4) is 11.5 Å². The maximum atomic E-state index is 12.3. The number of hydrogen-bond donors (Lipinski definition) is 1. The minimum Gasteiger partial charge on any atom is -0.403 e. The number of halogens is 1. The number of hydrogen-bond acceptors (Lipinski definition) is 6. The lowest BCUT2D eigenvalue weighted by atomic mass is 10.2. The molecule has 0 radical (unpaired) electrons. The van der Waals surface area contributed by atoms with Crippen molar-refractivity contribution in [3.63, 3.8) is 0 Å². The van der Waals surface area contributed by atoms with Crippen molar-refractivity contribution in [3.05, 3.63) is 59.1 Å². The normalized spacial score (nSPS) is 11.6. The molecule has 3 aromatic rings. The van der Waals surface area contributed by atoms with E-state index in [0.717, 1.165) is 0 Å². The average Bonchev–Trinajstić information content (AvgIpc) is 3.10. The van der Waals surface area contributed by atoms with Crippen LogP contribution < -0.4 is 5.32 Å². The summed E-state index contributed by atoms with van der Waals surface area (Å²) in [6.07, 6.45) is 0. The molecule has 1 heterocycles. The number of aromatic nitrogens is 2. The molecule has 27 heavy (non-hydrogen) atoms. The van der Waals surface area contributed by atoms with E-state index in [-0.39, 0.29) is 22.4 Å². The number of carbonyl (C=O) groups is 1. The lowest BCUT2D eigenvalue weighted by Crippen LogP contribution is -2.15. The number of rotatable bonds is 5. The molecular formula is C18H16ClN3O4S. The van der Waals surface area contributed by atoms with Crippen LogP contribution in [0.2, 0.25) is 5.02 Å². The van der Waals surface area contributed by atoms with Crippen molar-refractivity contribution in [1.82, 2.24) is 10.2 Å². The molecule has 0 unspecified atom stereocenters. The Bertz CT molecular complexity index is 1060. The predicted molar refractivity (Wildman–Crippen MR) is 101 cm³/mol. The standard InChI is InChI=1S/C18H16ClN3O4S/c1-11(2)27(24,25)15-9-5-12(6-10-15)16(23)20-18-22-21-17(26-18)13-3-7-14(19)8-4-13/h3-11H,1-2H3,(H,20,22,23). The van der Waals surface area contributed by atoms with E-state index >= 15 is 0 Å². The zero-order valence-corrected chi connectivity index (χ0v) is 16.1. The number of nitrogens with one attached hydrogen (secondary N) is 1. The van der Waals surface area contributed by atoms with Gasteiger partial charge in [-0.1, -0.05) is 16.7 Å². The van der Waals surface area contributed by atoms with Crippen LogP contribution in [0.1, 0.15) is 24.2 Å². The van der Waals surface area contributed by atoms with Crippen LogP contribution in [0.15, 0.2) is 57.8 Å². The third kappa shape index (κ3) is 4.17. The van der Waals surface area contributed by atoms with Crippen molar-refractivity contribution in [2.75, 3.05) is 5.32 Å². The van der Waals surface area contributed by atoms with Gasteiger partial charge in [0.05, 0.1) is 10.1 Å². The molecule has 0 bridgehead atoms. The summed E-state index contributed by atoms with van der Waals surface area (Å²) in [6.45, 7) is 3.20. The summed E-state index contributed by atoms with van der Waals surface area (Å²) in [7, 11) is -3.39. The summed E-state index contributed by atoms with van der Waals surface area (Å²) in [6, 6.07) is 12.4. The first kappa shape index (κ1) is 19.1. The predicted octanol–water partition coefficient (Wildman–Crippen LogP) is 3.82. The van der Waals surface area contributed by atoms with Gasteiger partial charge in [-0.25, -0.2) is 8.42 Å². The van der Waals surface area contributed by atoms with Gasteiger partial charge in [0.2, 0.25) is 5.89 Å². The quantitative estimate of drug-likeness (QED) is 0.692. The van der Waals surface area contributed by atoms with E-state index in [1.807, 2.05) is 0 Å². The smallest absolute Gasteiger partial charge is 0.322 e. The van der Waals surface area contributed by atoms with Gasteiger partial charge in [0, 0.05) is 16.1 Å². The van der Waals surface area contributed by atoms with Crippen LogP contribution in [0.25, 0.3) is 11.5 Å². The second-order valence-electron chi connectivity index (χ2n) is 5.99. The highest BCUT2D eigenvalue weighted by molar-refractivity contribution is 7.92. The van der Waals surface area contributed by atoms with Crippen LogP contribution in [-0.4, -0.2) is 29.8 Å². The molecule has 1 amide bonds. The van der Waals surface area contributed by atoms with E-state index in [9.17, 15) is 13.2 Å². The number of carbonyl (C=O) groups excluding carboxylic acids is 1. The first-order valence-electron chi connectivity index (χ1n) is 8.02. The number of anilines is 1. The summed E-state index contributed by atoms with van der Waals surface area (Å²) in [5.74, 6) is -0.254. The third-order valence-corrected chi connectivity index (χ3v) is 6.22. The molecule has 0 aliphatic rings. The Morgan fingerprint density at radius 3 is 2.26 bits per heavy atom. The number of sulfone groups is 1. The van der Waals surface area contributed by atoms with Gasteiger partial charge in [-0.2, -0.15) is 0 Å². The molecule has 2 aromatic carbocycles. The minimum absolute atomic E-state index is 0.0659. The molecule has 0 saturated heterocycles. The molecule has 1 N–H and O–H groups in total. The van der Waals surface area contributed by atoms with Crippen LogP contribution in [0.5, 0.6) is 0 Å². The fraction of sp³-hybridized carbons (Fsp3) is 0.167. The molecule has 1 aromatic heterocycles. The highest BCUT2D eigenvalue weighted by Crippen LogP contribution is 2.22. The van der Waals surface area contributed by atoms with E-state index in [1.165, 1.54) is 24.3 Å². The highest BCUT2D eigenvalue weighted by Gasteiger charge is 2.20. The van der Waals surface area contributed by atoms with Gasteiger partial charge in [0.1, 0.15) is 0 Å². The summed E-state index contributed by atoms with van der Waals surface area (Å²) >= 11 is 5.84. The first-order chi connectivity index (χ1) is 12.8. The zero-order chi connectivity index (χ0) is 19.6. The number of benzene rings is 2. The van der Waals surface area contributed by atoms with Crippen LogP contribution in [0.4, 0.5) is 6.01 Å². The van der Waals surface area contributed by atoms with Gasteiger partial charge in [0.15, 0.2) is 9.84 Å². The average molecular weight is 406 g/mol. The Hall–Kier alpha value is -2.71. The van der Waals surface area contributed by atoms with E-state index < -0.39 is 21.0 Å². The molecule has 7 nitrogen and oxygen atoms in total. The number of nitrogens with zero attached hydrogens (tertiary/aromatic N) is 2. The molecule has 0 spiro atoms. The van der Waals surface area contributed by atoms with Gasteiger partial charge in [-0.05, 0) is 62.4 Å². The minimum atomic E-state index is -3.39. The second-order valence-corrected chi connectivity index (χ2v) is 8.93. The van der Waals surface area contributed by atoms with Crippen LogP contribution >= 0.6 is 11.6 Å². The van der Waals surface area contributed by atoms with Gasteiger partial charge in [0.25, 0.3) is 5.91 Å². The van der Waals surface area contributed by atoms with Gasteiger partial charge in [-0.15, -0.1) is 5.10 Å². The zero-order valence-electron chi connectivity index (χ0n) is 14.5. The van der Waals surface area contributed by atoms with Crippen LogP contribution in [-0.2, 0) is 9.84 Å². The molecule has 3 rings (SSSR count).